The van der Waals surface area contributed by atoms with Crippen molar-refractivity contribution in [3.8, 4) is 0 Å². The Morgan fingerprint density at radius 1 is 1.50 bits per heavy atom. The van der Waals surface area contributed by atoms with Crippen molar-refractivity contribution in [1.82, 2.24) is 0 Å². The average Bonchev–Trinajstić information content (AvgIpc) is 2.28. The van der Waals surface area contributed by atoms with Crippen molar-refractivity contribution >= 4 is 11.8 Å². The Kier molecular flexibility index (Phi) is 3.29. The molecule has 4 nitrogen and oxygen atoms in total. The zero-order chi connectivity index (χ0) is 11.4. The summed E-state index contributed by atoms with van der Waals surface area (Å²) in [6.45, 7) is 1.23. The molecule has 0 radical (unpaired) electrons. The van der Waals surface area contributed by atoms with Gasteiger partial charge in [-0.15, -0.1) is 0 Å². The molecule has 0 saturated carbocycles. The van der Waals surface area contributed by atoms with Gasteiger partial charge < -0.3 is 15.2 Å². The molecule has 2 rings (SSSR count). The first-order chi connectivity index (χ1) is 7.75. The van der Waals surface area contributed by atoms with Gasteiger partial charge in [0.25, 0.3) is 0 Å². The molecule has 0 aromatic heterocycles. The SMILES string of the molecule is O=C(O)OCCc1ccc2c(c1)NCCC2. The third-order valence-electron chi connectivity index (χ3n) is 2.73. The molecule has 0 unspecified atom stereocenters. The minimum Gasteiger partial charge on any atom is -0.450 e. The van der Waals surface area contributed by atoms with Crippen LogP contribution in [0, 0.1) is 0 Å². The summed E-state index contributed by atoms with van der Waals surface area (Å²) in [7, 11) is 0. The Morgan fingerprint density at radius 3 is 3.19 bits per heavy atom. The molecule has 0 amide bonds. The van der Waals surface area contributed by atoms with E-state index in [1.54, 1.807) is 0 Å². The van der Waals surface area contributed by atoms with Crippen molar-refractivity contribution < 1.29 is 14.6 Å². The van der Waals surface area contributed by atoms with Crippen LogP contribution in [0.25, 0.3) is 0 Å². The van der Waals surface area contributed by atoms with E-state index < -0.39 is 6.16 Å². The van der Waals surface area contributed by atoms with Crippen LogP contribution in [-0.4, -0.2) is 24.4 Å². The fraction of sp³-hybridized carbons (Fsp3) is 0.417. The number of carbonyl (C=O) groups is 1. The van der Waals surface area contributed by atoms with Gasteiger partial charge in [0.1, 0.15) is 0 Å². The van der Waals surface area contributed by atoms with E-state index in [4.69, 9.17) is 5.11 Å². The van der Waals surface area contributed by atoms with Crippen molar-refractivity contribution in [2.75, 3.05) is 18.5 Å². The maximum atomic E-state index is 10.2. The van der Waals surface area contributed by atoms with Crippen molar-refractivity contribution in [2.45, 2.75) is 19.3 Å². The molecule has 0 atom stereocenters. The highest BCUT2D eigenvalue weighted by atomic mass is 16.7. The van der Waals surface area contributed by atoms with Gasteiger partial charge in [-0.25, -0.2) is 4.79 Å². The highest BCUT2D eigenvalue weighted by Gasteiger charge is 2.08. The predicted molar refractivity (Wildman–Crippen MR) is 60.9 cm³/mol. The lowest BCUT2D eigenvalue weighted by molar-refractivity contribution is 0.0927. The van der Waals surface area contributed by atoms with E-state index in [-0.39, 0.29) is 6.61 Å². The summed E-state index contributed by atoms with van der Waals surface area (Å²) >= 11 is 0. The van der Waals surface area contributed by atoms with Crippen molar-refractivity contribution in [1.29, 1.82) is 0 Å². The molecular formula is C12H15NO3. The fourth-order valence-electron chi connectivity index (χ4n) is 1.92. The van der Waals surface area contributed by atoms with E-state index >= 15 is 0 Å². The third-order valence-corrected chi connectivity index (χ3v) is 2.73. The lowest BCUT2D eigenvalue weighted by Gasteiger charge is -2.18. The van der Waals surface area contributed by atoms with Gasteiger partial charge in [-0.1, -0.05) is 12.1 Å². The number of anilines is 1. The van der Waals surface area contributed by atoms with E-state index in [1.165, 1.54) is 17.7 Å². The Labute approximate surface area is 94.2 Å². The van der Waals surface area contributed by atoms with Crippen LogP contribution in [0.15, 0.2) is 18.2 Å². The van der Waals surface area contributed by atoms with E-state index in [9.17, 15) is 4.79 Å². The molecule has 1 heterocycles. The smallest absolute Gasteiger partial charge is 0.450 e. The van der Waals surface area contributed by atoms with Gasteiger partial charge in [-0.2, -0.15) is 0 Å². The van der Waals surface area contributed by atoms with Crippen LogP contribution in [0.1, 0.15) is 17.5 Å². The summed E-state index contributed by atoms with van der Waals surface area (Å²) in [5, 5.41) is 11.7. The van der Waals surface area contributed by atoms with Gasteiger partial charge in [0.05, 0.1) is 6.61 Å². The molecule has 0 bridgehead atoms. The van der Waals surface area contributed by atoms with Crippen LogP contribution in [-0.2, 0) is 17.6 Å². The molecule has 1 aliphatic rings. The van der Waals surface area contributed by atoms with Crippen LogP contribution in [0.2, 0.25) is 0 Å². The first-order valence-corrected chi connectivity index (χ1v) is 5.47. The summed E-state index contributed by atoms with van der Waals surface area (Å²) in [5.41, 5.74) is 3.63. The lowest BCUT2D eigenvalue weighted by atomic mass is 10.0. The summed E-state index contributed by atoms with van der Waals surface area (Å²) in [5.74, 6) is 0. The molecule has 16 heavy (non-hydrogen) atoms. The lowest BCUT2D eigenvalue weighted by Crippen LogP contribution is -2.12. The number of aryl methyl sites for hydroxylation is 1. The minimum atomic E-state index is -1.21. The molecule has 0 aliphatic carbocycles. The van der Waals surface area contributed by atoms with Gasteiger partial charge in [0.15, 0.2) is 0 Å². The van der Waals surface area contributed by atoms with Gasteiger partial charge in [-0.3, -0.25) is 0 Å². The van der Waals surface area contributed by atoms with Gasteiger partial charge in [-0.05, 0) is 30.0 Å². The minimum absolute atomic E-state index is 0.216. The molecule has 1 aliphatic heterocycles. The Balaban J connectivity index is 1.97. The molecule has 1 aromatic rings. The van der Waals surface area contributed by atoms with Crippen LogP contribution >= 0.6 is 0 Å². The summed E-state index contributed by atoms with van der Waals surface area (Å²) in [6.07, 6.45) is 1.71. The summed E-state index contributed by atoms with van der Waals surface area (Å²) in [6, 6.07) is 6.23. The molecule has 0 saturated heterocycles. The number of fused-ring (bicyclic) bond motifs is 1. The van der Waals surface area contributed by atoms with Gasteiger partial charge >= 0.3 is 6.16 Å². The largest absolute Gasteiger partial charge is 0.505 e. The number of nitrogens with one attached hydrogen (secondary N) is 1. The molecule has 0 spiro atoms. The van der Waals surface area contributed by atoms with Crippen LogP contribution < -0.4 is 5.32 Å². The normalized spacial score (nSPS) is 13.8. The van der Waals surface area contributed by atoms with Gasteiger partial charge in [0, 0.05) is 18.7 Å². The second kappa shape index (κ2) is 4.88. The standard InChI is InChI=1S/C12H15NO3/c14-12(15)16-7-5-9-3-4-10-2-1-6-13-11(10)8-9/h3-4,8,13H,1-2,5-7H2,(H,14,15). The monoisotopic (exact) mass is 221 g/mol. The molecular weight excluding hydrogens is 206 g/mol. The van der Waals surface area contributed by atoms with Crippen molar-refractivity contribution in [2.24, 2.45) is 0 Å². The second-order valence-electron chi connectivity index (χ2n) is 3.89. The molecule has 1 aromatic carbocycles. The molecule has 2 N–H and O–H groups in total. The highest BCUT2D eigenvalue weighted by molar-refractivity contribution is 5.57. The Bertz CT molecular complexity index is 390. The molecule has 4 heteroatoms. The first kappa shape index (κ1) is 10.8. The Morgan fingerprint density at radius 2 is 2.38 bits per heavy atom. The maximum Gasteiger partial charge on any atom is 0.505 e. The number of benzene rings is 1. The zero-order valence-electron chi connectivity index (χ0n) is 9.03. The number of rotatable bonds is 3. The molecule has 0 fully saturated rings. The Hall–Kier alpha value is -1.71. The van der Waals surface area contributed by atoms with Crippen molar-refractivity contribution in [3.63, 3.8) is 0 Å². The second-order valence-corrected chi connectivity index (χ2v) is 3.89. The number of hydrogen-bond acceptors (Lipinski definition) is 3. The van der Waals surface area contributed by atoms with E-state index in [0.29, 0.717) is 6.42 Å². The van der Waals surface area contributed by atoms with Crippen LogP contribution in [0.3, 0.4) is 0 Å². The quantitative estimate of drug-likeness (QED) is 0.769. The topological polar surface area (TPSA) is 58.6 Å². The van der Waals surface area contributed by atoms with E-state index in [0.717, 1.165) is 18.5 Å². The average molecular weight is 221 g/mol. The maximum absolute atomic E-state index is 10.2. The number of carboxylic acid groups (broad SMARTS) is 1. The molecule has 86 valence electrons. The predicted octanol–water partition coefficient (Wildman–Crippen LogP) is 2.28. The summed E-state index contributed by atoms with van der Waals surface area (Å²) in [4.78, 5) is 10.2. The highest BCUT2D eigenvalue weighted by Crippen LogP contribution is 2.23. The van der Waals surface area contributed by atoms with Crippen molar-refractivity contribution in [3.05, 3.63) is 29.3 Å². The van der Waals surface area contributed by atoms with Crippen LogP contribution in [0.4, 0.5) is 10.5 Å². The number of ether oxygens (including phenoxy) is 1. The fourth-order valence-corrected chi connectivity index (χ4v) is 1.92. The third kappa shape index (κ3) is 2.66. The number of hydrogen-bond donors (Lipinski definition) is 2. The zero-order valence-corrected chi connectivity index (χ0v) is 9.03. The van der Waals surface area contributed by atoms with E-state index in [2.05, 4.69) is 22.2 Å². The summed E-state index contributed by atoms with van der Waals surface area (Å²) < 4.78 is 4.49. The van der Waals surface area contributed by atoms with E-state index in [1.807, 2.05) is 6.07 Å². The van der Waals surface area contributed by atoms with Crippen LogP contribution in [0.5, 0.6) is 0 Å². The first-order valence-electron chi connectivity index (χ1n) is 5.47. The van der Waals surface area contributed by atoms with Gasteiger partial charge in [0.2, 0.25) is 0 Å².